The monoisotopic (exact) mass is 416 g/mol. The number of hydrogen-bond acceptors (Lipinski definition) is 5. The van der Waals surface area contributed by atoms with Crippen LogP contribution in [0.5, 0.6) is 0 Å². The Kier molecular flexibility index (Phi) is 4.99. The van der Waals surface area contributed by atoms with Gasteiger partial charge < -0.3 is 9.30 Å². The molecule has 4 heterocycles. The number of aryl methyl sites for hydroxylation is 1. The molecule has 0 amide bonds. The molecule has 1 saturated heterocycles. The van der Waals surface area contributed by atoms with Crippen LogP contribution in [-0.4, -0.2) is 42.9 Å². The maximum Gasteiger partial charge on any atom is 0.285 e. The molecule has 1 fully saturated rings. The van der Waals surface area contributed by atoms with Gasteiger partial charge in [0.15, 0.2) is 5.65 Å². The molecule has 4 aromatic rings. The van der Waals surface area contributed by atoms with Gasteiger partial charge in [0, 0.05) is 30.1 Å². The lowest BCUT2D eigenvalue weighted by molar-refractivity contribution is 0.0962. The lowest BCUT2D eigenvalue weighted by atomic mass is 10.2. The first kappa shape index (κ1) is 19.4. The molecule has 0 radical (unpaired) electrons. The van der Waals surface area contributed by atoms with Crippen molar-refractivity contribution in [1.29, 1.82) is 0 Å². The molecule has 1 aliphatic rings. The van der Waals surface area contributed by atoms with E-state index in [0.29, 0.717) is 11.0 Å². The smallest absolute Gasteiger partial charge is 0.285 e. The lowest BCUT2D eigenvalue weighted by Gasteiger charge is -2.14. The second-order valence-corrected chi connectivity index (χ2v) is 7.84. The third-order valence-electron chi connectivity index (χ3n) is 5.82. The van der Waals surface area contributed by atoms with Gasteiger partial charge in [-0.1, -0.05) is 18.2 Å². The Bertz CT molecular complexity index is 1310. The van der Waals surface area contributed by atoms with Crippen molar-refractivity contribution in [3.8, 4) is 5.69 Å². The van der Waals surface area contributed by atoms with E-state index in [0.717, 1.165) is 48.6 Å². The van der Waals surface area contributed by atoms with Crippen molar-refractivity contribution in [2.24, 2.45) is 5.10 Å². The van der Waals surface area contributed by atoms with Crippen LogP contribution >= 0.6 is 0 Å². The third-order valence-corrected chi connectivity index (χ3v) is 5.82. The minimum absolute atomic E-state index is 0.253. The summed E-state index contributed by atoms with van der Waals surface area (Å²) in [5.41, 5.74) is 4.34. The highest BCUT2D eigenvalue weighted by Crippen LogP contribution is 2.19. The number of hydrogen-bond donors (Lipinski definition) is 0. The number of fused-ring (bicyclic) bond motifs is 1. The second-order valence-electron chi connectivity index (χ2n) is 7.84. The first-order chi connectivity index (χ1) is 15.1. The maximum atomic E-state index is 12.9. The van der Waals surface area contributed by atoms with Crippen LogP contribution in [0.25, 0.3) is 16.7 Å². The van der Waals surface area contributed by atoms with Gasteiger partial charge in [-0.2, -0.15) is 14.9 Å². The summed E-state index contributed by atoms with van der Waals surface area (Å²) in [6.07, 6.45) is 7.18. The van der Waals surface area contributed by atoms with Gasteiger partial charge in [-0.15, -0.1) is 0 Å². The van der Waals surface area contributed by atoms with E-state index in [1.165, 1.54) is 17.2 Å². The molecular weight excluding hydrogens is 392 g/mol. The van der Waals surface area contributed by atoms with Crippen LogP contribution in [0.3, 0.4) is 0 Å². The number of aromatic nitrogens is 5. The molecule has 0 unspecified atom stereocenters. The van der Waals surface area contributed by atoms with Crippen molar-refractivity contribution in [3.05, 3.63) is 76.2 Å². The Morgan fingerprint density at radius 3 is 2.87 bits per heavy atom. The molecule has 0 spiro atoms. The molecular formula is C23H24N6O2. The van der Waals surface area contributed by atoms with Crippen LogP contribution in [0, 0.1) is 13.8 Å². The van der Waals surface area contributed by atoms with Crippen molar-refractivity contribution in [1.82, 2.24) is 24.0 Å². The van der Waals surface area contributed by atoms with Crippen molar-refractivity contribution >= 4 is 17.2 Å². The quantitative estimate of drug-likeness (QED) is 0.469. The van der Waals surface area contributed by atoms with Crippen molar-refractivity contribution < 1.29 is 4.74 Å². The third kappa shape index (κ3) is 3.59. The zero-order valence-corrected chi connectivity index (χ0v) is 17.6. The molecule has 8 nitrogen and oxygen atoms in total. The van der Waals surface area contributed by atoms with Gasteiger partial charge in [0.25, 0.3) is 5.56 Å². The normalized spacial score (nSPS) is 16.6. The summed E-state index contributed by atoms with van der Waals surface area (Å²) in [5.74, 6) is 0. The standard InChI is InChI=1S/C23H24N6O2/c1-16-11-18(17(2)27(16)14-20-9-6-10-31-20)12-25-28-15-24-22-21(23(28)30)13-26-29(22)19-7-4-3-5-8-19/h3-5,7-8,11-13,15,20H,6,9-10,14H2,1-2H3/b25-12-/t20-/m1/s1. The Morgan fingerprint density at radius 1 is 1.26 bits per heavy atom. The van der Waals surface area contributed by atoms with Gasteiger partial charge in [0.05, 0.1) is 24.2 Å². The molecule has 0 bridgehead atoms. The predicted octanol–water partition coefficient (Wildman–Crippen LogP) is 3.06. The highest BCUT2D eigenvalue weighted by molar-refractivity contribution is 5.82. The van der Waals surface area contributed by atoms with E-state index in [1.54, 1.807) is 10.9 Å². The van der Waals surface area contributed by atoms with E-state index in [-0.39, 0.29) is 11.7 Å². The molecule has 0 saturated carbocycles. The summed E-state index contributed by atoms with van der Waals surface area (Å²) in [4.78, 5) is 17.3. The largest absolute Gasteiger partial charge is 0.376 e. The Balaban J connectivity index is 1.44. The van der Waals surface area contributed by atoms with Gasteiger partial charge in [-0.25, -0.2) is 9.67 Å². The molecule has 8 heteroatoms. The lowest BCUT2D eigenvalue weighted by Crippen LogP contribution is -2.17. The van der Waals surface area contributed by atoms with Crippen LogP contribution in [0.15, 0.2) is 58.8 Å². The van der Waals surface area contributed by atoms with Crippen LogP contribution in [0.1, 0.15) is 29.8 Å². The van der Waals surface area contributed by atoms with Gasteiger partial charge in [-0.3, -0.25) is 4.79 Å². The number of nitrogens with zero attached hydrogens (tertiary/aromatic N) is 6. The van der Waals surface area contributed by atoms with Crippen LogP contribution in [0.4, 0.5) is 0 Å². The van der Waals surface area contributed by atoms with Crippen LogP contribution in [-0.2, 0) is 11.3 Å². The molecule has 0 aliphatic carbocycles. The van der Waals surface area contributed by atoms with E-state index >= 15 is 0 Å². The van der Waals surface area contributed by atoms with Gasteiger partial charge >= 0.3 is 0 Å². The van der Waals surface area contributed by atoms with Crippen molar-refractivity contribution in [3.63, 3.8) is 0 Å². The minimum Gasteiger partial charge on any atom is -0.376 e. The SMILES string of the molecule is Cc1cc(/C=N\n2cnc3c(cnn3-c3ccccc3)c2=O)c(C)n1C[C@H]1CCCO1. The van der Waals surface area contributed by atoms with Gasteiger partial charge in [0.2, 0.25) is 0 Å². The van der Waals surface area contributed by atoms with E-state index in [9.17, 15) is 4.79 Å². The number of benzene rings is 1. The summed E-state index contributed by atoms with van der Waals surface area (Å²) >= 11 is 0. The van der Waals surface area contributed by atoms with Crippen molar-refractivity contribution in [2.45, 2.75) is 39.3 Å². The average molecular weight is 416 g/mol. The molecule has 0 N–H and O–H groups in total. The summed E-state index contributed by atoms with van der Waals surface area (Å²) in [6, 6.07) is 11.7. The fourth-order valence-electron chi connectivity index (χ4n) is 4.10. The molecule has 31 heavy (non-hydrogen) atoms. The Hall–Kier alpha value is -3.52. The summed E-state index contributed by atoms with van der Waals surface area (Å²) in [7, 11) is 0. The van der Waals surface area contributed by atoms with E-state index in [2.05, 4.69) is 39.7 Å². The zero-order valence-electron chi connectivity index (χ0n) is 17.6. The predicted molar refractivity (Wildman–Crippen MR) is 119 cm³/mol. The number of para-hydroxylation sites is 1. The Morgan fingerprint density at radius 2 is 2.10 bits per heavy atom. The maximum absolute atomic E-state index is 12.9. The molecule has 1 aliphatic heterocycles. The van der Waals surface area contributed by atoms with E-state index in [4.69, 9.17) is 4.74 Å². The minimum atomic E-state index is -0.253. The topological polar surface area (TPSA) is 79.2 Å². The van der Waals surface area contributed by atoms with E-state index < -0.39 is 0 Å². The van der Waals surface area contributed by atoms with Crippen molar-refractivity contribution in [2.75, 3.05) is 6.61 Å². The molecule has 1 aromatic carbocycles. The van der Waals surface area contributed by atoms with Gasteiger partial charge in [-0.05, 0) is 44.9 Å². The summed E-state index contributed by atoms with van der Waals surface area (Å²) in [6.45, 7) is 5.84. The van der Waals surface area contributed by atoms with Crippen LogP contribution < -0.4 is 5.56 Å². The number of rotatable bonds is 5. The molecule has 158 valence electrons. The van der Waals surface area contributed by atoms with Crippen LogP contribution in [0.2, 0.25) is 0 Å². The second kappa shape index (κ2) is 7.96. The van der Waals surface area contributed by atoms with Gasteiger partial charge in [0.1, 0.15) is 11.7 Å². The van der Waals surface area contributed by atoms with E-state index in [1.807, 2.05) is 30.3 Å². The zero-order chi connectivity index (χ0) is 21.4. The molecule has 3 aromatic heterocycles. The average Bonchev–Trinajstić information content (AvgIpc) is 3.51. The number of ether oxygens (including phenoxy) is 1. The molecule has 1 atom stereocenters. The first-order valence-corrected chi connectivity index (χ1v) is 10.5. The highest BCUT2D eigenvalue weighted by atomic mass is 16.5. The summed E-state index contributed by atoms with van der Waals surface area (Å²) < 4.78 is 10.9. The highest BCUT2D eigenvalue weighted by Gasteiger charge is 2.18. The molecule has 5 rings (SSSR count). The Labute approximate surface area is 179 Å². The first-order valence-electron chi connectivity index (χ1n) is 10.5. The summed E-state index contributed by atoms with van der Waals surface area (Å²) in [5, 5.41) is 9.15. The fraction of sp³-hybridized carbons (Fsp3) is 0.304. The fourth-order valence-corrected chi connectivity index (χ4v) is 4.10.